The van der Waals surface area contributed by atoms with Gasteiger partial charge in [-0.25, -0.2) is 0 Å². The zero-order valence-corrected chi connectivity index (χ0v) is 11.5. The molecule has 0 unspecified atom stereocenters. The predicted octanol–water partition coefficient (Wildman–Crippen LogP) is 2.00. The highest BCUT2D eigenvalue weighted by atomic mass is 16.5. The van der Waals surface area contributed by atoms with E-state index in [-0.39, 0.29) is 0 Å². The van der Waals surface area contributed by atoms with Crippen LogP contribution in [0, 0.1) is 0 Å². The van der Waals surface area contributed by atoms with Crippen LogP contribution in [-0.4, -0.2) is 62.3 Å². The minimum atomic E-state index is 0.895. The van der Waals surface area contributed by atoms with E-state index in [1.165, 1.54) is 39.1 Å². The highest BCUT2D eigenvalue weighted by Crippen LogP contribution is 2.02. The Morgan fingerprint density at radius 1 is 1.00 bits per heavy atom. The van der Waals surface area contributed by atoms with Crippen LogP contribution in [0.25, 0.3) is 0 Å². The topological polar surface area (TPSA) is 15.7 Å². The maximum Gasteiger partial charge on any atom is 0.0593 e. The number of nitrogens with zero attached hydrogens (tertiary/aromatic N) is 2. The van der Waals surface area contributed by atoms with Crippen LogP contribution in [0.3, 0.4) is 0 Å². The molecule has 0 bridgehead atoms. The lowest BCUT2D eigenvalue weighted by molar-refractivity contribution is 0.0763. The molecular formula is C14H28N2O. The van der Waals surface area contributed by atoms with Gasteiger partial charge in [-0.2, -0.15) is 0 Å². The van der Waals surface area contributed by atoms with Gasteiger partial charge < -0.3 is 9.64 Å². The lowest BCUT2D eigenvalue weighted by Gasteiger charge is -2.34. The largest absolute Gasteiger partial charge is 0.380 e. The van der Waals surface area contributed by atoms with Crippen molar-refractivity contribution < 1.29 is 4.74 Å². The fraction of sp³-hybridized carbons (Fsp3) is 0.857. The summed E-state index contributed by atoms with van der Waals surface area (Å²) in [5.74, 6) is 0. The molecule has 0 radical (unpaired) electrons. The quantitative estimate of drug-likeness (QED) is 0.477. The van der Waals surface area contributed by atoms with Crippen molar-refractivity contribution in [2.75, 3.05) is 52.5 Å². The normalized spacial score (nSPS) is 19.2. The van der Waals surface area contributed by atoms with E-state index in [9.17, 15) is 0 Å². The van der Waals surface area contributed by atoms with Crippen molar-refractivity contribution >= 4 is 0 Å². The van der Waals surface area contributed by atoms with Gasteiger partial charge in [-0.3, -0.25) is 4.90 Å². The van der Waals surface area contributed by atoms with E-state index in [1.807, 2.05) is 0 Å². The van der Waals surface area contributed by atoms with Crippen molar-refractivity contribution in [3.05, 3.63) is 12.2 Å². The van der Waals surface area contributed by atoms with Crippen LogP contribution in [0.15, 0.2) is 12.2 Å². The van der Waals surface area contributed by atoms with Gasteiger partial charge in [0.25, 0.3) is 0 Å². The average molecular weight is 240 g/mol. The summed E-state index contributed by atoms with van der Waals surface area (Å²) in [6.45, 7) is 13.2. The van der Waals surface area contributed by atoms with Crippen LogP contribution in [0.1, 0.15) is 26.7 Å². The summed E-state index contributed by atoms with van der Waals surface area (Å²) in [5.41, 5.74) is 0. The number of ether oxygens (including phenoxy) is 1. The molecule has 1 fully saturated rings. The third kappa shape index (κ3) is 6.81. The van der Waals surface area contributed by atoms with Crippen LogP contribution in [0.4, 0.5) is 0 Å². The summed E-state index contributed by atoms with van der Waals surface area (Å²) in [7, 11) is 0. The standard InChI is InChI=1S/C14H28N2O/c1-3-5-6-7-15-8-10-16(11-9-15)12-14-17-13-4-2/h3,5H,4,6-14H2,1-2H3/b5-3+. The van der Waals surface area contributed by atoms with Gasteiger partial charge in [0.2, 0.25) is 0 Å². The number of allylic oxidation sites excluding steroid dienone is 1. The Balaban J connectivity index is 2.01. The fourth-order valence-corrected chi connectivity index (χ4v) is 2.10. The highest BCUT2D eigenvalue weighted by molar-refractivity contribution is 4.80. The van der Waals surface area contributed by atoms with Crippen LogP contribution in [0.5, 0.6) is 0 Å². The number of hydrogen-bond donors (Lipinski definition) is 0. The van der Waals surface area contributed by atoms with E-state index in [4.69, 9.17) is 4.74 Å². The maximum absolute atomic E-state index is 5.53. The summed E-state index contributed by atoms with van der Waals surface area (Å²) >= 11 is 0. The second-order valence-corrected chi connectivity index (χ2v) is 4.65. The van der Waals surface area contributed by atoms with Crippen molar-refractivity contribution in [2.45, 2.75) is 26.7 Å². The van der Waals surface area contributed by atoms with Gasteiger partial charge in [0, 0.05) is 45.9 Å². The van der Waals surface area contributed by atoms with Crippen molar-refractivity contribution in [1.29, 1.82) is 0 Å². The molecule has 1 aliphatic rings. The first-order valence-corrected chi connectivity index (χ1v) is 7.00. The molecule has 0 aliphatic carbocycles. The molecule has 1 aliphatic heterocycles. The smallest absolute Gasteiger partial charge is 0.0593 e. The van der Waals surface area contributed by atoms with Gasteiger partial charge in [-0.15, -0.1) is 0 Å². The molecule has 0 amide bonds. The minimum absolute atomic E-state index is 0.895. The van der Waals surface area contributed by atoms with E-state index in [0.717, 1.165) is 26.2 Å². The molecule has 1 rings (SSSR count). The molecule has 0 spiro atoms. The third-order valence-corrected chi connectivity index (χ3v) is 3.21. The van der Waals surface area contributed by atoms with Gasteiger partial charge in [-0.05, 0) is 19.8 Å². The Bertz CT molecular complexity index is 198. The molecular weight excluding hydrogens is 212 g/mol. The zero-order valence-electron chi connectivity index (χ0n) is 11.5. The molecule has 17 heavy (non-hydrogen) atoms. The lowest BCUT2D eigenvalue weighted by Crippen LogP contribution is -2.47. The molecule has 0 atom stereocenters. The molecule has 100 valence electrons. The van der Waals surface area contributed by atoms with Crippen molar-refractivity contribution in [3.63, 3.8) is 0 Å². The monoisotopic (exact) mass is 240 g/mol. The Kier molecular flexibility index (Phi) is 8.32. The first-order valence-electron chi connectivity index (χ1n) is 7.00. The van der Waals surface area contributed by atoms with Gasteiger partial charge in [0.1, 0.15) is 0 Å². The van der Waals surface area contributed by atoms with Gasteiger partial charge in [-0.1, -0.05) is 19.1 Å². The number of rotatable bonds is 8. The van der Waals surface area contributed by atoms with Crippen molar-refractivity contribution in [1.82, 2.24) is 9.80 Å². The van der Waals surface area contributed by atoms with E-state index in [1.54, 1.807) is 0 Å². The van der Waals surface area contributed by atoms with Gasteiger partial charge >= 0.3 is 0 Å². The third-order valence-electron chi connectivity index (χ3n) is 3.21. The Morgan fingerprint density at radius 2 is 1.65 bits per heavy atom. The molecule has 0 aromatic rings. The second-order valence-electron chi connectivity index (χ2n) is 4.65. The molecule has 3 nitrogen and oxygen atoms in total. The van der Waals surface area contributed by atoms with E-state index >= 15 is 0 Å². The summed E-state index contributed by atoms with van der Waals surface area (Å²) < 4.78 is 5.53. The summed E-state index contributed by atoms with van der Waals surface area (Å²) in [4.78, 5) is 5.07. The maximum atomic E-state index is 5.53. The van der Waals surface area contributed by atoms with Crippen LogP contribution >= 0.6 is 0 Å². The van der Waals surface area contributed by atoms with Crippen molar-refractivity contribution in [3.8, 4) is 0 Å². The molecule has 0 saturated carbocycles. The molecule has 1 saturated heterocycles. The van der Waals surface area contributed by atoms with E-state index in [2.05, 4.69) is 35.8 Å². The van der Waals surface area contributed by atoms with E-state index < -0.39 is 0 Å². The number of piperazine rings is 1. The van der Waals surface area contributed by atoms with Crippen LogP contribution < -0.4 is 0 Å². The Hall–Kier alpha value is -0.380. The predicted molar refractivity (Wildman–Crippen MR) is 73.4 cm³/mol. The van der Waals surface area contributed by atoms with Gasteiger partial charge in [0.05, 0.1) is 6.61 Å². The molecule has 0 N–H and O–H groups in total. The fourth-order valence-electron chi connectivity index (χ4n) is 2.10. The second kappa shape index (κ2) is 9.63. The molecule has 1 heterocycles. The van der Waals surface area contributed by atoms with E-state index in [0.29, 0.717) is 0 Å². The highest BCUT2D eigenvalue weighted by Gasteiger charge is 2.15. The summed E-state index contributed by atoms with van der Waals surface area (Å²) in [6, 6.07) is 0. The molecule has 0 aromatic carbocycles. The summed E-state index contributed by atoms with van der Waals surface area (Å²) in [5, 5.41) is 0. The van der Waals surface area contributed by atoms with Crippen LogP contribution in [-0.2, 0) is 4.74 Å². The van der Waals surface area contributed by atoms with Crippen LogP contribution in [0.2, 0.25) is 0 Å². The SMILES string of the molecule is C/C=C/CCN1CCN(CCOCCC)CC1. The first-order chi connectivity index (χ1) is 8.36. The Labute approximate surface area is 106 Å². The molecule has 3 heteroatoms. The molecule has 0 aromatic heterocycles. The zero-order chi connectivity index (χ0) is 12.3. The average Bonchev–Trinajstić information content (AvgIpc) is 2.37. The lowest BCUT2D eigenvalue weighted by atomic mass is 10.3. The van der Waals surface area contributed by atoms with Crippen molar-refractivity contribution in [2.24, 2.45) is 0 Å². The minimum Gasteiger partial charge on any atom is -0.380 e. The Morgan fingerprint density at radius 3 is 2.24 bits per heavy atom. The first kappa shape index (κ1) is 14.7. The van der Waals surface area contributed by atoms with Gasteiger partial charge in [0.15, 0.2) is 0 Å². The summed E-state index contributed by atoms with van der Waals surface area (Å²) in [6.07, 6.45) is 6.71. The number of hydrogen-bond acceptors (Lipinski definition) is 3.